The Hall–Kier alpha value is 3.13. The molecule has 13 heavy (non-hydrogen) atoms. The number of aliphatic hydroxyl groups is 2. The molecule has 0 rings (SSSR count). The van der Waals surface area contributed by atoms with Crippen LogP contribution in [0.1, 0.15) is 0 Å². The summed E-state index contributed by atoms with van der Waals surface area (Å²) in [5.74, 6) is -3.54. The molecule has 0 aliphatic rings. The summed E-state index contributed by atoms with van der Waals surface area (Å²) in [5, 5.41) is 32.5. The van der Waals surface area contributed by atoms with E-state index in [-0.39, 0.29) is 132 Å². The fraction of sp³-hybridized carbons (Fsp3) is 0.500. The summed E-state index contributed by atoms with van der Waals surface area (Å²) in [6, 6.07) is 0. The summed E-state index contributed by atoms with van der Waals surface area (Å²) in [7, 11) is 0. The van der Waals surface area contributed by atoms with Crippen molar-refractivity contribution in [2.75, 3.05) is 0 Å². The molecule has 0 saturated heterocycles. The number of carbonyl (C=O) groups is 2. The summed E-state index contributed by atoms with van der Waals surface area (Å²) in [4.78, 5) is 19.5. The Morgan fingerprint density at radius 3 is 1.08 bits per heavy atom. The summed E-state index contributed by atoms with van der Waals surface area (Å²) < 4.78 is 0. The molecule has 0 radical (unpaired) electrons. The molecule has 2 unspecified atom stereocenters. The Morgan fingerprint density at radius 2 is 1.00 bits per heavy atom. The van der Waals surface area contributed by atoms with Gasteiger partial charge in [0.25, 0.3) is 0 Å². The zero-order valence-corrected chi connectivity index (χ0v) is 4.76. The molecule has 2 atom stereocenters. The molecule has 6 nitrogen and oxygen atoms in total. The Kier molecular flexibility index (Phi) is 25.5. The summed E-state index contributed by atoms with van der Waals surface area (Å²) in [5.41, 5.74) is 0. The first-order valence-electron chi connectivity index (χ1n) is 2.28. The summed E-state index contributed by atoms with van der Waals surface area (Å²) in [6.45, 7) is 0. The third-order valence-corrected chi connectivity index (χ3v) is 0.805. The average molecular weight is 254 g/mol. The molecule has 0 amide bonds. The standard InChI is InChI=1S/C4H6O6.2K.Na.3H/c5-1(3(7)8)2(6)4(9)10;;;;;;/h1-2,5-6H,(H,7,8)(H,9,10);;;;;;. The fourth-order valence-electron chi connectivity index (χ4n) is 0.270. The van der Waals surface area contributed by atoms with E-state index in [1.807, 2.05) is 0 Å². The van der Waals surface area contributed by atoms with Gasteiger partial charge in [-0.05, 0) is 0 Å². The van der Waals surface area contributed by atoms with Gasteiger partial charge in [0, 0.05) is 0 Å². The van der Waals surface area contributed by atoms with Crippen molar-refractivity contribution in [3.8, 4) is 0 Å². The molecule has 0 heterocycles. The fourth-order valence-corrected chi connectivity index (χ4v) is 0.270. The number of aliphatic hydroxyl groups excluding tert-OH is 2. The molecule has 0 saturated carbocycles. The van der Waals surface area contributed by atoms with Crippen molar-refractivity contribution in [1.82, 2.24) is 0 Å². The van der Waals surface area contributed by atoms with Crippen molar-refractivity contribution in [3.05, 3.63) is 0 Å². The Bertz CT molecular complexity index is 147. The number of rotatable bonds is 3. The number of hydrogen-bond acceptors (Lipinski definition) is 4. The van der Waals surface area contributed by atoms with Crippen molar-refractivity contribution < 1.29 is 30.0 Å². The van der Waals surface area contributed by atoms with Crippen LogP contribution in [-0.4, -0.2) is 177 Å². The minimum atomic E-state index is -2.27. The van der Waals surface area contributed by atoms with Crippen molar-refractivity contribution in [2.24, 2.45) is 0 Å². The molecule has 0 bridgehead atoms. The Labute approximate surface area is 182 Å². The first-order valence-corrected chi connectivity index (χ1v) is 2.28. The second-order valence-corrected chi connectivity index (χ2v) is 1.57. The molecule has 4 N–H and O–H groups in total. The molecule has 0 spiro atoms. The molecule has 0 aromatic heterocycles. The molecular weight excluding hydrogens is 245 g/mol. The van der Waals surface area contributed by atoms with Crippen LogP contribution in [0.25, 0.3) is 0 Å². The van der Waals surface area contributed by atoms with Crippen LogP contribution in [0.2, 0.25) is 0 Å². The van der Waals surface area contributed by atoms with Crippen LogP contribution in [-0.2, 0) is 9.59 Å². The number of carboxylic acids is 2. The minimum absolute atomic E-state index is 0. The SMILES string of the molecule is O=C(O)C(O)C(O)C(=O)O.[KH].[KH].[NaH]. The van der Waals surface area contributed by atoms with Crippen LogP contribution in [0.15, 0.2) is 0 Å². The van der Waals surface area contributed by atoms with Crippen LogP contribution in [0.5, 0.6) is 0 Å². The van der Waals surface area contributed by atoms with Crippen LogP contribution >= 0.6 is 0 Å². The van der Waals surface area contributed by atoms with Crippen LogP contribution in [0.4, 0.5) is 0 Å². The van der Waals surface area contributed by atoms with Gasteiger partial charge in [0.2, 0.25) is 0 Å². The van der Waals surface area contributed by atoms with Gasteiger partial charge >= 0.3 is 144 Å². The van der Waals surface area contributed by atoms with Gasteiger partial charge in [-0.2, -0.15) is 0 Å². The van der Waals surface area contributed by atoms with E-state index in [0.29, 0.717) is 0 Å². The van der Waals surface area contributed by atoms with E-state index in [1.165, 1.54) is 0 Å². The molecule has 0 aromatic rings. The van der Waals surface area contributed by atoms with Crippen LogP contribution in [0.3, 0.4) is 0 Å². The molecule has 0 aliphatic heterocycles. The topological polar surface area (TPSA) is 115 Å². The number of aliphatic carboxylic acids is 2. The number of carboxylic acid groups (broad SMARTS) is 2. The van der Waals surface area contributed by atoms with Gasteiger partial charge < -0.3 is 20.4 Å². The Morgan fingerprint density at radius 1 is 0.846 bits per heavy atom. The van der Waals surface area contributed by atoms with E-state index in [4.69, 9.17) is 20.4 Å². The molecular formula is C4H9K2NaO6. The van der Waals surface area contributed by atoms with E-state index in [1.54, 1.807) is 0 Å². The van der Waals surface area contributed by atoms with Gasteiger partial charge in [-0.1, -0.05) is 0 Å². The zero-order chi connectivity index (χ0) is 8.31. The van der Waals surface area contributed by atoms with Gasteiger partial charge in [0.05, 0.1) is 0 Å². The van der Waals surface area contributed by atoms with Gasteiger partial charge in [-0.15, -0.1) is 0 Å². The quantitative estimate of drug-likeness (QED) is 0.381. The third-order valence-electron chi connectivity index (χ3n) is 0.805. The predicted octanol–water partition coefficient (Wildman–Crippen LogP) is -4.07. The summed E-state index contributed by atoms with van der Waals surface area (Å²) >= 11 is 0. The number of hydrogen-bond donors (Lipinski definition) is 4. The van der Waals surface area contributed by atoms with E-state index in [0.717, 1.165) is 0 Å². The average Bonchev–Trinajstić information content (AvgIpc) is 1.84. The maximum atomic E-state index is 9.77. The first kappa shape index (κ1) is 25.1. The molecule has 0 aromatic carbocycles. The van der Waals surface area contributed by atoms with Crippen LogP contribution in [0, 0.1) is 0 Å². The van der Waals surface area contributed by atoms with Gasteiger partial charge in [0.15, 0.2) is 12.2 Å². The normalized spacial score (nSPS) is 12.2. The molecule has 0 fully saturated rings. The van der Waals surface area contributed by atoms with Crippen molar-refractivity contribution in [2.45, 2.75) is 12.2 Å². The molecule has 9 heteroatoms. The van der Waals surface area contributed by atoms with Gasteiger partial charge in [-0.3, -0.25) is 0 Å². The van der Waals surface area contributed by atoms with Gasteiger partial charge in [-0.25, -0.2) is 9.59 Å². The van der Waals surface area contributed by atoms with Crippen molar-refractivity contribution in [3.63, 3.8) is 0 Å². The maximum absolute atomic E-state index is 9.77. The molecule has 0 aliphatic carbocycles. The second-order valence-electron chi connectivity index (χ2n) is 1.57. The zero-order valence-electron chi connectivity index (χ0n) is 4.76. The summed E-state index contributed by atoms with van der Waals surface area (Å²) in [6.07, 6.45) is -4.53. The van der Waals surface area contributed by atoms with E-state index < -0.39 is 24.1 Å². The van der Waals surface area contributed by atoms with Crippen LogP contribution < -0.4 is 0 Å². The monoisotopic (exact) mass is 254 g/mol. The van der Waals surface area contributed by atoms with Crippen molar-refractivity contribution >= 4 is 144 Å². The molecule has 64 valence electrons. The van der Waals surface area contributed by atoms with Gasteiger partial charge in [0.1, 0.15) is 0 Å². The third kappa shape index (κ3) is 11.4. The second kappa shape index (κ2) is 13.2. The van der Waals surface area contributed by atoms with E-state index >= 15 is 0 Å². The van der Waals surface area contributed by atoms with Crippen molar-refractivity contribution in [1.29, 1.82) is 0 Å². The Balaban J connectivity index is -0.000000135. The first-order chi connectivity index (χ1) is 4.46. The van der Waals surface area contributed by atoms with E-state index in [2.05, 4.69) is 0 Å². The predicted molar refractivity (Wildman–Crippen MR) is 48.7 cm³/mol. The van der Waals surface area contributed by atoms with E-state index in [9.17, 15) is 9.59 Å².